The minimum Gasteiger partial charge on any atom is -0.507 e. The molecule has 0 bridgehead atoms. The van der Waals surface area contributed by atoms with E-state index in [1.165, 1.54) is 0 Å². The Hall–Kier alpha value is -0.730. The standard InChI is InChI=1S/C14H20ClNO/c1-8-9(2)13(17)11(10(3)12(8)15)14(16)6-4-5-7-14/h17H,4-7,16H2,1-3H3. The lowest BCUT2D eigenvalue weighted by molar-refractivity contribution is 0.404. The topological polar surface area (TPSA) is 46.2 Å². The molecule has 2 nitrogen and oxygen atoms in total. The molecule has 17 heavy (non-hydrogen) atoms. The second-order valence-corrected chi connectivity index (χ2v) is 5.65. The van der Waals surface area contributed by atoms with E-state index in [1.807, 2.05) is 20.8 Å². The molecule has 1 saturated carbocycles. The van der Waals surface area contributed by atoms with Gasteiger partial charge in [0.25, 0.3) is 0 Å². The summed E-state index contributed by atoms with van der Waals surface area (Å²) >= 11 is 6.33. The summed E-state index contributed by atoms with van der Waals surface area (Å²) in [6.07, 6.45) is 4.11. The molecule has 0 heterocycles. The highest BCUT2D eigenvalue weighted by Gasteiger charge is 2.36. The summed E-state index contributed by atoms with van der Waals surface area (Å²) < 4.78 is 0. The van der Waals surface area contributed by atoms with Crippen molar-refractivity contribution in [1.82, 2.24) is 0 Å². The Morgan fingerprint density at radius 3 is 2.12 bits per heavy atom. The van der Waals surface area contributed by atoms with Gasteiger partial charge in [0, 0.05) is 16.1 Å². The quantitative estimate of drug-likeness (QED) is 0.802. The smallest absolute Gasteiger partial charge is 0.124 e. The molecule has 0 radical (unpaired) electrons. The van der Waals surface area contributed by atoms with Crippen LogP contribution in [0.1, 0.15) is 47.9 Å². The van der Waals surface area contributed by atoms with Crippen molar-refractivity contribution in [3.05, 3.63) is 27.3 Å². The fourth-order valence-corrected chi connectivity index (χ4v) is 3.20. The fraction of sp³-hybridized carbons (Fsp3) is 0.571. The first-order chi connectivity index (χ1) is 7.88. The van der Waals surface area contributed by atoms with Crippen LogP contribution in [0.25, 0.3) is 0 Å². The number of hydrogen-bond acceptors (Lipinski definition) is 2. The molecular weight excluding hydrogens is 234 g/mol. The van der Waals surface area contributed by atoms with Crippen LogP contribution >= 0.6 is 11.6 Å². The zero-order valence-electron chi connectivity index (χ0n) is 10.7. The second-order valence-electron chi connectivity index (χ2n) is 5.28. The van der Waals surface area contributed by atoms with Gasteiger partial charge in [0.2, 0.25) is 0 Å². The maximum atomic E-state index is 10.4. The second kappa shape index (κ2) is 4.18. The zero-order valence-corrected chi connectivity index (χ0v) is 11.5. The Morgan fingerprint density at radius 1 is 1.06 bits per heavy atom. The molecule has 2 rings (SSSR count). The number of phenolic OH excluding ortho intramolecular Hbond substituents is 1. The molecule has 0 aliphatic heterocycles. The first kappa shape index (κ1) is 12.7. The molecule has 1 aromatic rings. The monoisotopic (exact) mass is 253 g/mol. The number of phenols is 1. The molecule has 1 aliphatic carbocycles. The molecule has 3 heteroatoms. The van der Waals surface area contributed by atoms with Gasteiger partial charge in [0.15, 0.2) is 0 Å². The molecule has 1 aliphatic rings. The lowest BCUT2D eigenvalue weighted by Gasteiger charge is -2.29. The van der Waals surface area contributed by atoms with E-state index in [0.29, 0.717) is 5.75 Å². The van der Waals surface area contributed by atoms with E-state index in [2.05, 4.69) is 0 Å². The van der Waals surface area contributed by atoms with Crippen molar-refractivity contribution in [3.8, 4) is 5.75 Å². The van der Waals surface area contributed by atoms with Gasteiger partial charge in [0.1, 0.15) is 5.75 Å². The van der Waals surface area contributed by atoms with E-state index in [-0.39, 0.29) is 0 Å². The summed E-state index contributed by atoms with van der Waals surface area (Å²) in [6, 6.07) is 0. The summed E-state index contributed by atoms with van der Waals surface area (Å²) in [5, 5.41) is 11.1. The summed E-state index contributed by atoms with van der Waals surface area (Å²) in [6.45, 7) is 5.79. The summed E-state index contributed by atoms with van der Waals surface area (Å²) in [5.41, 5.74) is 9.67. The number of benzene rings is 1. The van der Waals surface area contributed by atoms with Gasteiger partial charge in [0.05, 0.1) is 0 Å². The molecule has 0 spiro atoms. The SMILES string of the molecule is Cc1c(C)c(Cl)c(C)c(C2(N)CCCC2)c1O. The van der Waals surface area contributed by atoms with Crippen LogP contribution in [0.15, 0.2) is 0 Å². The number of rotatable bonds is 1. The van der Waals surface area contributed by atoms with Gasteiger partial charge in [-0.3, -0.25) is 0 Å². The molecule has 1 aromatic carbocycles. The van der Waals surface area contributed by atoms with Gasteiger partial charge in [-0.2, -0.15) is 0 Å². The van der Waals surface area contributed by atoms with Crippen molar-refractivity contribution >= 4 is 11.6 Å². The van der Waals surface area contributed by atoms with Crippen LogP contribution in [0.5, 0.6) is 5.75 Å². The van der Waals surface area contributed by atoms with Crippen molar-refractivity contribution in [3.63, 3.8) is 0 Å². The van der Waals surface area contributed by atoms with Crippen molar-refractivity contribution in [2.75, 3.05) is 0 Å². The molecule has 0 amide bonds. The van der Waals surface area contributed by atoms with Gasteiger partial charge in [-0.1, -0.05) is 24.4 Å². The highest BCUT2D eigenvalue weighted by molar-refractivity contribution is 6.32. The maximum absolute atomic E-state index is 10.4. The summed E-state index contributed by atoms with van der Waals surface area (Å²) in [4.78, 5) is 0. The summed E-state index contributed by atoms with van der Waals surface area (Å²) in [5.74, 6) is 0.341. The van der Waals surface area contributed by atoms with Crippen LogP contribution in [0.2, 0.25) is 5.02 Å². The Kier molecular flexibility index (Phi) is 3.13. The number of hydrogen-bond donors (Lipinski definition) is 2. The van der Waals surface area contributed by atoms with E-state index in [4.69, 9.17) is 17.3 Å². The lowest BCUT2D eigenvalue weighted by Crippen LogP contribution is -2.34. The van der Waals surface area contributed by atoms with Gasteiger partial charge in [-0.05, 0) is 50.3 Å². The molecule has 94 valence electrons. The molecule has 0 atom stereocenters. The predicted molar refractivity (Wildman–Crippen MR) is 71.7 cm³/mol. The van der Waals surface area contributed by atoms with Crippen molar-refractivity contribution in [2.24, 2.45) is 5.73 Å². The first-order valence-electron chi connectivity index (χ1n) is 6.16. The molecule has 0 unspecified atom stereocenters. The Bertz CT molecular complexity index is 433. The largest absolute Gasteiger partial charge is 0.507 e. The van der Waals surface area contributed by atoms with Crippen LogP contribution in [0, 0.1) is 20.8 Å². The summed E-state index contributed by atoms with van der Waals surface area (Å²) in [7, 11) is 0. The lowest BCUT2D eigenvalue weighted by atomic mass is 9.83. The average Bonchev–Trinajstić information content (AvgIpc) is 2.71. The zero-order chi connectivity index (χ0) is 12.8. The Labute approximate surface area is 108 Å². The molecule has 0 aromatic heterocycles. The normalized spacial score (nSPS) is 18.6. The van der Waals surface area contributed by atoms with Gasteiger partial charge in [-0.15, -0.1) is 0 Å². The van der Waals surface area contributed by atoms with Crippen molar-refractivity contribution in [2.45, 2.75) is 52.0 Å². The van der Waals surface area contributed by atoms with E-state index in [0.717, 1.165) is 53.0 Å². The Morgan fingerprint density at radius 2 is 1.59 bits per heavy atom. The minimum absolute atomic E-state index is 0.341. The third kappa shape index (κ3) is 1.84. The van der Waals surface area contributed by atoms with Gasteiger partial charge in [-0.25, -0.2) is 0 Å². The molecule has 0 saturated heterocycles. The van der Waals surface area contributed by atoms with E-state index < -0.39 is 5.54 Å². The third-order valence-corrected chi connectivity index (χ3v) is 4.75. The predicted octanol–water partition coefficient (Wildman–Crippen LogP) is 3.70. The Balaban J connectivity index is 2.69. The number of halogens is 1. The van der Waals surface area contributed by atoms with E-state index >= 15 is 0 Å². The molecular formula is C14H20ClNO. The minimum atomic E-state index is -0.393. The van der Waals surface area contributed by atoms with Crippen LogP contribution in [-0.4, -0.2) is 5.11 Å². The van der Waals surface area contributed by atoms with Crippen LogP contribution in [0.3, 0.4) is 0 Å². The third-order valence-electron chi connectivity index (χ3n) is 4.18. The fourth-order valence-electron chi connectivity index (χ4n) is 2.96. The highest BCUT2D eigenvalue weighted by atomic mass is 35.5. The maximum Gasteiger partial charge on any atom is 0.124 e. The molecule has 1 fully saturated rings. The van der Waals surface area contributed by atoms with Crippen LogP contribution in [-0.2, 0) is 5.54 Å². The first-order valence-corrected chi connectivity index (χ1v) is 6.54. The molecule has 3 N–H and O–H groups in total. The number of nitrogens with two attached hydrogens (primary N) is 1. The van der Waals surface area contributed by atoms with Crippen molar-refractivity contribution in [1.29, 1.82) is 0 Å². The van der Waals surface area contributed by atoms with E-state index in [1.54, 1.807) is 0 Å². The van der Waals surface area contributed by atoms with Crippen LogP contribution < -0.4 is 5.73 Å². The van der Waals surface area contributed by atoms with E-state index in [9.17, 15) is 5.11 Å². The van der Waals surface area contributed by atoms with Gasteiger partial charge < -0.3 is 10.8 Å². The average molecular weight is 254 g/mol. The number of aromatic hydroxyl groups is 1. The van der Waals surface area contributed by atoms with Crippen molar-refractivity contribution < 1.29 is 5.11 Å². The highest BCUT2D eigenvalue weighted by Crippen LogP contribution is 2.46. The van der Waals surface area contributed by atoms with Crippen LogP contribution in [0.4, 0.5) is 0 Å². The van der Waals surface area contributed by atoms with Gasteiger partial charge >= 0.3 is 0 Å².